The molecule has 0 amide bonds. The minimum atomic E-state index is -1.26. The van der Waals surface area contributed by atoms with Crippen molar-refractivity contribution in [2.75, 3.05) is 26.2 Å². The van der Waals surface area contributed by atoms with Crippen molar-refractivity contribution in [2.45, 2.75) is 89.1 Å². The number of hydrogen-bond acceptors (Lipinski definition) is 9. The zero-order chi connectivity index (χ0) is 36.6. The van der Waals surface area contributed by atoms with E-state index in [9.17, 15) is 19.2 Å². The summed E-state index contributed by atoms with van der Waals surface area (Å²) in [5, 5.41) is 31.2. The maximum atomic E-state index is 9.55. The van der Waals surface area contributed by atoms with E-state index in [1.165, 1.54) is 109 Å². The fraction of sp³-hybridized carbons (Fsp3) is 0.526. The van der Waals surface area contributed by atoms with E-state index in [0.717, 1.165) is 23.6 Å². The Morgan fingerprint density at radius 1 is 0.706 bits per heavy atom. The lowest BCUT2D eigenvalue weighted by Gasteiger charge is -2.44. The number of carboxylic acid groups (broad SMARTS) is 4. The molecule has 1 saturated heterocycles. The number of carbonyl (C=O) groups is 4. The molecule has 3 aliphatic carbocycles. The van der Waals surface area contributed by atoms with Gasteiger partial charge in [-0.15, -0.1) is 0 Å². The molecule has 3 fully saturated rings. The zero-order valence-corrected chi connectivity index (χ0v) is 29.0. The van der Waals surface area contributed by atoms with Crippen LogP contribution >= 0.6 is 0 Å². The minimum Gasteiger partial charge on any atom is -0.478 e. The number of benzene rings is 1. The topological polar surface area (TPSA) is 191 Å². The molecule has 2 atom stereocenters. The van der Waals surface area contributed by atoms with Crippen LogP contribution in [0.2, 0.25) is 0 Å². The summed E-state index contributed by atoms with van der Waals surface area (Å²) in [6.45, 7) is 4.94. The van der Waals surface area contributed by atoms with Crippen LogP contribution in [0.5, 0.6) is 11.8 Å². The fourth-order valence-electron chi connectivity index (χ4n) is 7.87. The van der Waals surface area contributed by atoms with Gasteiger partial charge in [-0.3, -0.25) is 9.80 Å². The van der Waals surface area contributed by atoms with Gasteiger partial charge in [0.2, 0.25) is 0 Å². The van der Waals surface area contributed by atoms with Crippen LogP contribution in [0.4, 0.5) is 0 Å². The van der Waals surface area contributed by atoms with Crippen LogP contribution in [0, 0.1) is 11.8 Å². The largest absolute Gasteiger partial charge is 0.478 e. The van der Waals surface area contributed by atoms with E-state index in [1.807, 2.05) is 6.07 Å². The van der Waals surface area contributed by atoms with Gasteiger partial charge in [0.05, 0.1) is 0 Å². The van der Waals surface area contributed by atoms with Crippen molar-refractivity contribution in [3.63, 3.8) is 0 Å². The van der Waals surface area contributed by atoms with Crippen LogP contribution in [-0.2, 0) is 25.6 Å². The molecule has 276 valence electrons. The molecule has 1 aromatic heterocycles. The monoisotopic (exact) mass is 706 g/mol. The molecule has 13 heteroatoms. The molecule has 0 bridgehead atoms. The number of ether oxygens (including phenoxy) is 1. The quantitative estimate of drug-likeness (QED) is 0.216. The highest BCUT2D eigenvalue weighted by atomic mass is 16.5. The summed E-state index contributed by atoms with van der Waals surface area (Å²) in [6, 6.07) is 10.4. The van der Waals surface area contributed by atoms with E-state index in [0.29, 0.717) is 36.4 Å². The van der Waals surface area contributed by atoms with Crippen molar-refractivity contribution in [3.8, 4) is 11.8 Å². The Kier molecular flexibility index (Phi) is 15.6. The van der Waals surface area contributed by atoms with Crippen LogP contribution in [0.1, 0.15) is 87.8 Å². The number of carboxylic acids is 4. The Balaban J connectivity index is 0.000000305. The SMILES string of the molecule is O=C(O)/C=C\C(=O)O.O=C(O)/C=C\C(=O)O.c1cnc(Oc2ccc3c(c2)CC(CC2CCCCC2)C3N2CCN(C3CCCCC3)CC2)nc1. The van der Waals surface area contributed by atoms with Gasteiger partial charge >= 0.3 is 29.9 Å². The van der Waals surface area contributed by atoms with Crippen molar-refractivity contribution in [1.29, 1.82) is 0 Å². The first-order valence-electron chi connectivity index (χ1n) is 17.9. The third-order valence-electron chi connectivity index (χ3n) is 10.0. The molecule has 13 nitrogen and oxygen atoms in total. The van der Waals surface area contributed by atoms with Crippen LogP contribution in [0.3, 0.4) is 0 Å². The molecule has 0 radical (unpaired) electrons. The molecule has 0 spiro atoms. The molecule has 2 saturated carbocycles. The summed E-state index contributed by atoms with van der Waals surface area (Å²) in [4.78, 5) is 52.4. The first-order chi connectivity index (χ1) is 24.6. The lowest BCUT2D eigenvalue weighted by atomic mass is 9.80. The maximum Gasteiger partial charge on any atom is 0.328 e. The number of hydrogen-bond donors (Lipinski definition) is 4. The van der Waals surface area contributed by atoms with Gasteiger partial charge in [0.25, 0.3) is 0 Å². The van der Waals surface area contributed by atoms with Crippen LogP contribution < -0.4 is 4.74 Å². The maximum absolute atomic E-state index is 9.55. The average Bonchev–Trinajstić information content (AvgIpc) is 3.48. The molecule has 51 heavy (non-hydrogen) atoms. The van der Waals surface area contributed by atoms with E-state index in [-0.39, 0.29) is 0 Å². The Morgan fingerprint density at radius 3 is 1.75 bits per heavy atom. The second kappa shape index (κ2) is 20.3. The first-order valence-corrected chi connectivity index (χ1v) is 17.9. The van der Waals surface area contributed by atoms with Gasteiger partial charge in [-0.05, 0) is 66.8 Å². The Bertz CT molecular complexity index is 1430. The predicted octanol–water partition coefficient (Wildman–Crippen LogP) is 5.83. The molecule has 2 heterocycles. The van der Waals surface area contributed by atoms with Gasteiger partial charge < -0.3 is 25.2 Å². The molecule has 1 aliphatic heterocycles. The summed E-state index contributed by atoms with van der Waals surface area (Å²) in [5.74, 6) is -2.51. The van der Waals surface area contributed by atoms with Gasteiger partial charge in [-0.1, -0.05) is 57.4 Å². The van der Waals surface area contributed by atoms with Gasteiger partial charge in [-0.2, -0.15) is 0 Å². The van der Waals surface area contributed by atoms with Crippen molar-refractivity contribution in [2.24, 2.45) is 11.8 Å². The van der Waals surface area contributed by atoms with Gasteiger partial charge in [0, 0.05) is 75.0 Å². The predicted molar refractivity (Wildman–Crippen MR) is 189 cm³/mol. The van der Waals surface area contributed by atoms with Crippen molar-refractivity contribution >= 4 is 23.9 Å². The molecular weight excluding hydrogens is 656 g/mol. The first kappa shape index (κ1) is 39.2. The van der Waals surface area contributed by atoms with Gasteiger partial charge in [0.1, 0.15) is 5.75 Å². The van der Waals surface area contributed by atoms with E-state index >= 15 is 0 Å². The van der Waals surface area contributed by atoms with E-state index < -0.39 is 23.9 Å². The lowest BCUT2D eigenvalue weighted by molar-refractivity contribution is -0.134. The number of piperazine rings is 1. The van der Waals surface area contributed by atoms with E-state index in [2.05, 4.69) is 38.0 Å². The summed E-state index contributed by atoms with van der Waals surface area (Å²) >= 11 is 0. The molecule has 6 rings (SSSR count). The number of fused-ring (bicyclic) bond motifs is 1. The Morgan fingerprint density at radius 2 is 1.22 bits per heavy atom. The molecule has 4 aliphatic rings. The molecule has 2 unspecified atom stereocenters. The molecule has 4 N–H and O–H groups in total. The third kappa shape index (κ3) is 13.2. The average molecular weight is 707 g/mol. The molecular formula is C38H50N4O9. The summed E-state index contributed by atoms with van der Waals surface area (Å²) < 4.78 is 6.01. The normalized spacial score (nSPS) is 21.6. The second-order valence-electron chi connectivity index (χ2n) is 13.5. The number of rotatable bonds is 10. The summed E-state index contributed by atoms with van der Waals surface area (Å²) in [7, 11) is 0. The summed E-state index contributed by atoms with van der Waals surface area (Å²) in [5.41, 5.74) is 3.04. The lowest BCUT2D eigenvalue weighted by Crippen LogP contribution is -2.52. The number of aliphatic carboxylic acids is 4. The summed E-state index contributed by atoms with van der Waals surface area (Å²) in [6.07, 6.45) is 22.6. The van der Waals surface area contributed by atoms with Crippen LogP contribution in [-0.4, -0.2) is 96.3 Å². The van der Waals surface area contributed by atoms with E-state index in [4.69, 9.17) is 25.2 Å². The smallest absolute Gasteiger partial charge is 0.328 e. The van der Waals surface area contributed by atoms with Crippen molar-refractivity contribution in [3.05, 3.63) is 72.1 Å². The molecule has 2 aromatic rings. The van der Waals surface area contributed by atoms with Crippen molar-refractivity contribution < 1.29 is 44.3 Å². The highest BCUT2D eigenvalue weighted by molar-refractivity contribution is 5.90. The number of aromatic nitrogens is 2. The highest BCUT2D eigenvalue weighted by Crippen LogP contribution is 2.46. The Labute approximate surface area is 298 Å². The van der Waals surface area contributed by atoms with Crippen LogP contribution in [0.15, 0.2) is 61.0 Å². The van der Waals surface area contributed by atoms with Crippen LogP contribution in [0.25, 0.3) is 0 Å². The third-order valence-corrected chi connectivity index (χ3v) is 10.0. The number of nitrogens with zero attached hydrogens (tertiary/aromatic N) is 4. The minimum absolute atomic E-state index is 0.430. The second-order valence-corrected chi connectivity index (χ2v) is 13.5. The van der Waals surface area contributed by atoms with Gasteiger partial charge in [-0.25, -0.2) is 29.1 Å². The molecule has 1 aromatic carbocycles. The highest BCUT2D eigenvalue weighted by Gasteiger charge is 2.39. The zero-order valence-electron chi connectivity index (χ0n) is 29.0. The van der Waals surface area contributed by atoms with Gasteiger partial charge in [0.15, 0.2) is 0 Å². The van der Waals surface area contributed by atoms with E-state index in [1.54, 1.807) is 18.0 Å². The van der Waals surface area contributed by atoms with Crippen molar-refractivity contribution in [1.82, 2.24) is 19.8 Å². The fourth-order valence-corrected chi connectivity index (χ4v) is 7.87. The Hall–Kier alpha value is -4.62. The standard InChI is InChI=1S/C30H42N4O.2C4H4O4/c1-3-8-23(9-4-1)20-25-21-24-22-27(35-30-31-14-7-15-32-30)12-13-28(24)29(25)34-18-16-33(17-19-34)26-10-5-2-6-11-26;2*5-3(6)1-2-4(7)8/h7,12-15,22-23,25-26,29H,1-6,8-11,16-21H2;2*1-2H,(H,5,6)(H,7,8)/b;2*2-1-.